The van der Waals surface area contributed by atoms with Gasteiger partial charge in [0.05, 0.1) is 5.56 Å². The zero-order valence-corrected chi connectivity index (χ0v) is 12.7. The standard InChI is InChI=1S/C13H18BrNOS/c1-3-4-5-8-15(2)13(16)11-7-6-10(14)9-12(11)17/h6-7,9,17H,3-5,8H2,1-2H3. The van der Waals surface area contributed by atoms with Gasteiger partial charge in [-0.3, -0.25) is 4.79 Å². The number of thiol groups is 1. The van der Waals surface area contributed by atoms with E-state index in [2.05, 4.69) is 35.5 Å². The second-order valence-electron chi connectivity index (χ2n) is 4.10. The first kappa shape index (κ1) is 14.6. The molecule has 0 aliphatic heterocycles. The van der Waals surface area contributed by atoms with Crippen LogP contribution in [0.15, 0.2) is 27.6 Å². The summed E-state index contributed by atoms with van der Waals surface area (Å²) in [6, 6.07) is 5.52. The van der Waals surface area contributed by atoms with Crippen LogP contribution in [-0.2, 0) is 0 Å². The first-order chi connectivity index (χ1) is 8.06. The fourth-order valence-electron chi connectivity index (χ4n) is 1.59. The van der Waals surface area contributed by atoms with E-state index in [-0.39, 0.29) is 5.91 Å². The van der Waals surface area contributed by atoms with Gasteiger partial charge in [-0.1, -0.05) is 35.7 Å². The summed E-state index contributed by atoms with van der Waals surface area (Å²) in [5.41, 5.74) is 0.663. The molecule has 0 aromatic heterocycles. The third-order valence-corrected chi connectivity index (χ3v) is 3.50. The molecule has 17 heavy (non-hydrogen) atoms. The second kappa shape index (κ2) is 7.07. The lowest BCUT2D eigenvalue weighted by Gasteiger charge is -2.18. The zero-order chi connectivity index (χ0) is 12.8. The van der Waals surface area contributed by atoms with Crippen LogP contribution in [-0.4, -0.2) is 24.4 Å². The van der Waals surface area contributed by atoms with Crippen LogP contribution in [0.25, 0.3) is 0 Å². The van der Waals surface area contributed by atoms with Crippen molar-refractivity contribution in [2.24, 2.45) is 0 Å². The maximum atomic E-state index is 12.1. The van der Waals surface area contributed by atoms with Crippen molar-refractivity contribution < 1.29 is 4.79 Å². The Morgan fingerprint density at radius 3 is 2.71 bits per heavy atom. The monoisotopic (exact) mass is 315 g/mol. The van der Waals surface area contributed by atoms with E-state index in [1.165, 1.54) is 0 Å². The molecule has 1 aromatic carbocycles. The molecule has 1 amide bonds. The molecule has 0 saturated carbocycles. The van der Waals surface area contributed by atoms with Gasteiger partial charge in [-0.05, 0) is 24.6 Å². The molecule has 0 aliphatic carbocycles. The second-order valence-corrected chi connectivity index (χ2v) is 5.49. The van der Waals surface area contributed by atoms with Crippen molar-refractivity contribution in [1.29, 1.82) is 0 Å². The molecule has 1 aromatic rings. The number of halogens is 1. The smallest absolute Gasteiger partial charge is 0.254 e. The highest BCUT2D eigenvalue weighted by Gasteiger charge is 2.13. The predicted octanol–water partition coefficient (Wildman–Crippen LogP) is 4.00. The van der Waals surface area contributed by atoms with Crippen molar-refractivity contribution in [2.45, 2.75) is 31.1 Å². The molecule has 0 fully saturated rings. The summed E-state index contributed by atoms with van der Waals surface area (Å²) in [5.74, 6) is 0.0404. The molecule has 0 spiro atoms. The first-order valence-corrected chi connectivity index (χ1v) is 7.04. The minimum absolute atomic E-state index is 0.0404. The van der Waals surface area contributed by atoms with Crippen molar-refractivity contribution >= 4 is 34.5 Å². The first-order valence-electron chi connectivity index (χ1n) is 5.80. The molecule has 0 atom stereocenters. The maximum Gasteiger partial charge on any atom is 0.254 e. The molecule has 94 valence electrons. The summed E-state index contributed by atoms with van der Waals surface area (Å²) in [4.78, 5) is 14.6. The van der Waals surface area contributed by atoms with Gasteiger partial charge in [0.1, 0.15) is 0 Å². The van der Waals surface area contributed by atoms with Crippen molar-refractivity contribution in [3.63, 3.8) is 0 Å². The van der Waals surface area contributed by atoms with E-state index in [9.17, 15) is 4.79 Å². The van der Waals surface area contributed by atoms with E-state index >= 15 is 0 Å². The number of benzene rings is 1. The van der Waals surface area contributed by atoms with Crippen LogP contribution in [0.1, 0.15) is 36.5 Å². The lowest BCUT2D eigenvalue weighted by molar-refractivity contribution is 0.0789. The van der Waals surface area contributed by atoms with E-state index in [1.807, 2.05) is 25.2 Å². The van der Waals surface area contributed by atoms with E-state index in [0.717, 1.165) is 30.3 Å². The molecule has 4 heteroatoms. The topological polar surface area (TPSA) is 20.3 Å². The summed E-state index contributed by atoms with van der Waals surface area (Å²) >= 11 is 7.69. The van der Waals surface area contributed by atoms with Crippen LogP contribution in [0.3, 0.4) is 0 Å². The normalized spacial score (nSPS) is 10.4. The molecule has 2 nitrogen and oxygen atoms in total. The molecular weight excluding hydrogens is 298 g/mol. The van der Waals surface area contributed by atoms with E-state index in [1.54, 1.807) is 4.90 Å². The largest absolute Gasteiger partial charge is 0.342 e. The van der Waals surface area contributed by atoms with Crippen LogP contribution in [0.5, 0.6) is 0 Å². The summed E-state index contributed by atoms with van der Waals surface area (Å²) < 4.78 is 0.938. The van der Waals surface area contributed by atoms with Crippen LogP contribution in [0, 0.1) is 0 Å². The average molecular weight is 316 g/mol. The van der Waals surface area contributed by atoms with Gasteiger partial charge in [-0.15, -0.1) is 12.6 Å². The predicted molar refractivity (Wildman–Crippen MR) is 77.9 cm³/mol. The molecule has 0 bridgehead atoms. The zero-order valence-electron chi connectivity index (χ0n) is 10.2. The molecule has 1 rings (SSSR count). The Labute approximate surface area is 117 Å². The Balaban J connectivity index is 2.68. The SMILES string of the molecule is CCCCCN(C)C(=O)c1ccc(Br)cc1S. The van der Waals surface area contributed by atoms with Crippen LogP contribution >= 0.6 is 28.6 Å². The number of hydrogen-bond donors (Lipinski definition) is 1. The Hall–Kier alpha value is -0.480. The van der Waals surface area contributed by atoms with Gasteiger partial charge in [-0.25, -0.2) is 0 Å². The average Bonchev–Trinajstić information content (AvgIpc) is 2.28. The van der Waals surface area contributed by atoms with Gasteiger partial charge in [-0.2, -0.15) is 0 Å². The summed E-state index contributed by atoms with van der Waals surface area (Å²) in [5, 5.41) is 0. The lowest BCUT2D eigenvalue weighted by Crippen LogP contribution is -2.28. The molecule has 0 heterocycles. The minimum Gasteiger partial charge on any atom is -0.342 e. The fourth-order valence-corrected chi connectivity index (χ4v) is 2.44. The van der Waals surface area contributed by atoms with Crippen LogP contribution in [0.4, 0.5) is 0 Å². The highest BCUT2D eigenvalue weighted by molar-refractivity contribution is 9.10. The molecule has 0 aliphatic rings. The minimum atomic E-state index is 0.0404. The van der Waals surface area contributed by atoms with Crippen molar-refractivity contribution in [3.05, 3.63) is 28.2 Å². The molecule has 0 radical (unpaired) electrons. The van der Waals surface area contributed by atoms with Gasteiger partial charge in [0.2, 0.25) is 0 Å². The van der Waals surface area contributed by atoms with Gasteiger partial charge in [0.15, 0.2) is 0 Å². The lowest BCUT2D eigenvalue weighted by atomic mass is 10.2. The number of hydrogen-bond acceptors (Lipinski definition) is 2. The van der Waals surface area contributed by atoms with E-state index in [0.29, 0.717) is 10.5 Å². The van der Waals surface area contributed by atoms with Crippen molar-refractivity contribution in [3.8, 4) is 0 Å². The summed E-state index contributed by atoms with van der Waals surface area (Å²) in [6.45, 7) is 2.96. The molecule has 0 unspecified atom stereocenters. The van der Waals surface area contributed by atoms with Gasteiger partial charge >= 0.3 is 0 Å². The Morgan fingerprint density at radius 1 is 1.41 bits per heavy atom. The number of carbonyl (C=O) groups excluding carboxylic acids is 1. The number of unbranched alkanes of at least 4 members (excludes halogenated alkanes) is 2. The maximum absolute atomic E-state index is 12.1. The Kier molecular flexibility index (Phi) is 6.06. The highest BCUT2D eigenvalue weighted by atomic mass is 79.9. The summed E-state index contributed by atoms with van der Waals surface area (Å²) in [6.07, 6.45) is 3.38. The third kappa shape index (κ3) is 4.36. The van der Waals surface area contributed by atoms with Crippen LogP contribution in [0.2, 0.25) is 0 Å². The number of nitrogens with zero attached hydrogens (tertiary/aromatic N) is 1. The number of amides is 1. The van der Waals surface area contributed by atoms with Gasteiger partial charge in [0.25, 0.3) is 5.91 Å². The molecule has 0 N–H and O–H groups in total. The number of rotatable bonds is 5. The fraction of sp³-hybridized carbons (Fsp3) is 0.462. The molecule has 0 saturated heterocycles. The Bertz CT molecular complexity index is 395. The quantitative estimate of drug-likeness (QED) is 0.643. The highest BCUT2D eigenvalue weighted by Crippen LogP contribution is 2.21. The summed E-state index contributed by atoms with van der Waals surface area (Å²) in [7, 11) is 1.84. The Morgan fingerprint density at radius 2 is 2.12 bits per heavy atom. The van der Waals surface area contributed by atoms with Gasteiger partial charge in [0, 0.05) is 23.0 Å². The van der Waals surface area contributed by atoms with E-state index in [4.69, 9.17) is 0 Å². The number of carbonyl (C=O) groups is 1. The third-order valence-electron chi connectivity index (χ3n) is 2.63. The van der Waals surface area contributed by atoms with E-state index < -0.39 is 0 Å². The van der Waals surface area contributed by atoms with Crippen LogP contribution < -0.4 is 0 Å². The molecular formula is C13H18BrNOS. The van der Waals surface area contributed by atoms with Crippen molar-refractivity contribution in [2.75, 3.05) is 13.6 Å². The van der Waals surface area contributed by atoms with Crippen molar-refractivity contribution in [1.82, 2.24) is 4.90 Å². The van der Waals surface area contributed by atoms with Gasteiger partial charge < -0.3 is 4.90 Å².